The molecule has 0 radical (unpaired) electrons. The van der Waals surface area contributed by atoms with Crippen LogP contribution >= 0.6 is 0 Å². The van der Waals surface area contributed by atoms with Gasteiger partial charge < -0.3 is 20.1 Å². The number of methoxy groups -OCH3 is 1. The van der Waals surface area contributed by atoms with E-state index in [0.29, 0.717) is 32.2 Å². The first-order valence-corrected chi connectivity index (χ1v) is 6.87. The number of carbonyl (C=O) groups excluding carboxylic acids is 1. The first kappa shape index (κ1) is 16.3. The fourth-order valence-electron chi connectivity index (χ4n) is 1.63. The lowest BCUT2D eigenvalue weighted by Crippen LogP contribution is -2.39. The Hall–Kier alpha value is -1.75. The highest BCUT2D eigenvalue weighted by Crippen LogP contribution is 2.19. The van der Waals surface area contributed by atoms with Gasteiger partial charge in [-0.1, -0.05) is 26.0 Å². The second-order valence-corrected chi connectivity index (χ2v) is 4.75. The average Bonchev–Trinajstić information content (AvgIpc) is 2.44. The van der Waals surface area contributed by atoms with E-state index in [1.54, 1.807) is 7.11 Å². The van der Waals surface area contributed by atoms with Crippen LogP contribution in [-0.2, 0) is 4.74 Å². The highest BCUT2D eigenvalue weighted by Gasteiger charge is 2.02. The van der Waals surface area contributed by atoms with Crippen molar-refractivity contribution in [2.24, 2.45) is 0 Å². The Morgan fingerprint density at radius 1 is 1.20 bits per heavy atom. The van der Waals surface area contributed by atoms with Crippen LogP contribution in [0, 0.1) is 0 Å². The van der Waals surface area contributed by atoms with E-state index in [-0.39, 0.29) is 6.03 Å². The third-order valence-corrected chi connectivity index (χ3v) is 2.77. The number of rotatable bonds is 8. The lowest BCUT2D eigenvalue weighted by Gasteiger charge is -2.11. The second kappa shape index (κ2) is 9.20. The van der Waals surface area contributed by atoms with E-state index < -0.39 is 0 Å². The average molecular weight is 280 g/mol. The Balaban J connectivity index is 2.21. The summed E-state index contributed by atoms with van der Waals surface area (Å²) in [4.78, 5) is 11.3. The molecule has 5 nitrogen and oxygen atoms in total. The van der Waals surface area contributed by atoms with Crippen molar-refractivity contribution in [2.75, 3.05) is 33.4 Å². The molecule has 0 saturated heterocycles. The predicted molar refractivity (Wildman–Crippen MR) is 79.3 cm³/mol. The van der Waals surface area contributed by atoms with Gasteiger partial charge in [0.25, 0.3) is 0 Å². The molecule has 0 aliphatic rings. The third kappa shape index (κ3) is 6.43. The Kier molecular flexibility index (Phi) is 7.50. The van der Waals surface area contributed by atoms with Crippen LogP contribution in [0.25, 0.3) is 0 Å². The summed E-state index contributed by atoms with van der Waals surface area (Å²) in [7, 11) is 1.60. The molecule has 0 saturated carbocycles. The summed E-state index contributed by atoms with van der Waals surface area (Å²) in [5, 5.41) is 5.39. The van der Waals surface area contributed by atoms with Gasteiger partial charge in [0.15, 0.2) is 0 Å². The molecule has 0 spiro atoms. The minimum absolute atomic E-state index is 0.207. The summed E-state index contributed by atoms with van der Waals surface area (Å²) in [6, 6.07) is 7.81. The van der Waals surface area contributed by atoms with Gasteiger partial charge in [0.1, 0.15) is 12.4 Å². The zero-order valence-electron chi connectivity index (χ0n) is 12.4. The molecule has 0 bridgehead atoms. The number of ether oxygens (including phenoxy) is 2. The van der Waals surface area contributed by atoms with Gasteiger partial charge in [0.05, 0.1) is 13.2 Å². The maximum absolute atomic E-state index is 11.3. The first-order valence-electron chi connectivity index (χ1n) is 6.87. The quantitative estimate of drug-likeness (QED) is 0.717. The number of nitrogens with one attached hydrogen (secondary N) is 2. The van der Waals surface area contributed by atoms with Crippen molar-refractivity contribution in [3.63, 3.8) is 0 Å². The first-order chi connectivity index (χ1) is 9.63. The van der Waals surface area contributed by atoms with Crippen LogP contribution < -0.4 is 15.4 Å². The summed E-state index contributed by atoms with van der Waals surface area (Å²) in [5.74, 6) is 1.31. The number of carbonyl (C=O) groups is 1. The summed E-state index contributed by atoms with van der Waals surface area (Å²) >= 11 is 0. The number of amides is 2. The maximum Gasteiger partial charge on any atom is 0.314 e. The zero-order valence-corrected chi connectivity index (χ0v) is 12.4. The van der Waals surface area contributed by atoms with Gasteiger partial charge in [0.2, 0.25) is 0 Å². The van der Waals surface area contributed by atoms with Crippen LogP contribution in [-0.4, -0.2) is 39.4 Å². The van der Waals surface area contributed by atoms with Gasteiger partial charge in [-0.3, -0.25) is 0 Å². The molecule has 2 N–H and O–H groups in total. The van der Waals surface area contributed by atoms with Gasteiger partial charge >= 0.3 is 6.03 Å². The van der Waals surface area contributed by atoms with Crippen LogP contribution in [0.1, 0.15) is 25.3 Å². The van der Waals surface area contributed by atoms with Crippen LogP contribution in [0.2, 0.25) is 0 Å². The molecule has 1 rings (SSSR count). The Morgan fingerprint density at radius 3 is 2.55 bits per heavy atom. The molecular formula is C15H24N2O3. The van der Waals surface area contributed by atoms with Crippen molar-refractivity contribution in [1.82, 2.24) is 10.6 Å². The van der Waals surface area contributed by atoms with Crippen molar-refractivity contribution < 1.29 is 14.3 Å². The Labute approximate surface area is 120 Å². The monoisotopic (exact) mass is 280 g/mol. The molecule has 0 atom stereocenters. The van der Waals surface area contributed by atoms with Crippen LogP contribution in [0.3, 0.4) is 0 Å². The Morgan fingerprint density at radius 2 is 1.90 bits per heavy atom. The van der Waals surface area contributed by atoms with Gasteiger partial charge in [-0.05, 0) is 23.6 Å². The fourth-order valence-corrected chi connectivity index (χ4v) is 1.63. The molecule has 0 aromatic heterocycles. The minimum Gasteiger partial charge on any atom is -0.492 e. The molecule has 0 aliphatic heterocycles. The molecule has 1 aromatic rings. The van der Waals surface area contributed by atoms with E-state index in [1.165, 1.54) is 5.56 Å². The SMILES string of the molecule is COCCNC(=O)NCCOc1cccc(C(C)C)c1. The van der Waals surface area contributed by atoms with E-state index in [1.807, 2.05) is 18.2 Å². The second-order valence-electron chi connectivity index (χ2n) is 4.75. The van der Waals surface area contributed by atoms with Crippen molar-refractivity contribution in [3.8, 4) is 5.75 Å². The molecule has 20 heavy (non-hydrogen) atoms. The van der Waals surface area contributed by atoms with E-state index >= 15 is 0 Å². The van der Waals surface area contributed by atoms with Gasteiger partial charge in [-0.2, -0.15) is 0 Å². The number of benzene rings is 1. The Bertz CT molecular complexity index is 408. The van der Waals surface area contributed by atoms with Gasteiger partial charge in [-0.15, -0.1) is 0 Å². The van der Waals surface area contributed by atoms with Gasteiger partial charge in [0, 0.05) is 13.7 Å². The third-order valence-electron chi connectivity index (χ3n) is 2.77. The standard InChI is InChI=1S/C15H24N2O3/c1-12(2)13-5-4-6-14(11-13)20-10-8-17-15(18)16-7-9-19-3/h4-6,11-12H,7-10H2,1-3H3,(H2,16,17,18). The molecule has 0 heterocycles. The van der Waals surface area contributed by atoms with Crippen molar-refractivity contribution in [2.45, 2.75) is 19.8 Å². The van der Waals surface area contributed by atoms with E-state index in [0.717, 1.165) is 5.75 Å². The summed E-state index contributed by atoms with van der Waals surface area (Å²) in [5.41, 5.74) is 1.24. The number of urea groups is 1. The molecule has 1 aromatic carbocycles. The van der Waals surface area contributed by atoms with E-state index in [4.69, 9.17) is 9.47 Å². The van der Waals surface area contributed by atoms with Crippen molar-refractivity contribution in [1.29, 1.82) is 0 Å². The summed E-state index contributed by atoms with van der Waals surface area (Å²) < 4.78 is 10.4. The number of hydrogen-bond acceptors (Lipinski definition) is 3. The molecule has 0 fully saturated rings. The topological polar surface area (TPSA) is 59.6 Å². The zero-order chi connectivity index (χ0) is 14.8. The lowest BCUT2D eigenvalue weighted by atomic mass is 10.0. The summed E-state index contributed by atoms with van der Waals surface area (Å²) in [6.07, 6.45) is 0. The smallest absolute Gasteiger partial charge is 0.314 e. The highest BCUT2D eigenvalue weighted by atomic mass is 16.5. The maximum atomic E-state index is 11.3. The molecule has 112 valence electrons. The molecule has 0 unspecified atom stereocenters. The fraction of sp³-hybridized carbons (Fsp3) is 0.533. The molecular weight excluding hydrogens is 256 g/mol. The van der Waals surface area contributed by atoms with Crippen LogP contribution in [0.15, 0.2) is 24.3 Å². The normalized spacial score (nSPS) is 10.4. The summed E-state index contributed by atoms with van der Waals surface area (Å²) in [6.45, 7) is 6.20. The van der Waals surface area contributed by atoms with Crippen LogP contribution in [0.4, 0.5) is 4.79 Å². The highest BCUT2D eigenvalue weighted by molar-refractivity contribution is 5.73. The lowest BCUT2D eigenvalue weighted by molar-refractivity contribution is 0.195. The van der Waals surface area contributed by atoms with Crippen molar-refractivity contribution in [3.05, 3.63) is 29.8 Å². The number of hydrogen-bond donors (Lipinski definition) is 2. The molecule has 2 amide bonds. The van der Waals surface area contributed by atoms with Crippen LogP contribution in [0.5, 0.6) is 5.75 Å². The van der Waals surface area contributed by atoms with E-state index in [9.17, 15) is 4.79 Å². The van der Waals surface area contributed by atoms with Gasteiger partial charge in [-0.25, -0.2) is 4.79 Å². The largest absolute Gasteiger partial charge is 0.492 e. The van der Waals surface area contributed by atoms with Crippen molar-refractivity contribution >= 4 is 6.03 Å². The minimum atomic E-state index is -0.207. The van der Waals surface area contributed by atoms with E-state index in [2.05, 4.69) is 30.5 Å². The molecule has 0 aliphatic carbocycles. The predicted octanol–water partition coefficient (Wildman–Crippen LogP) is 2.13. The molecule has 5 heteroatoms.